The summed E-state index contributed by atoms with van der Waals surface area (Å²) in [5.74, 6) is -0.205. The highest BCUT2D eigenvalue weighted by molar-refractivity contribution is 7.21. The van der Waals surface area contributed by atoms with Gasteiger partial charge in [-0.3, -0.25) is 4.79 Å². The average molecular weight is 386 g/mol. The van der Waals surface area contributed by atoms with Gasteiger partial charge in [-0.1, -0.05) is 36.4 Å². The van der Waals surface area contributed by atoms with E-state index in [4.69, 9.17) is 0 Å². The number of aromatic nitrogens is 3. The number of benzene rings is 2. The van der Waals surface area contributed by atoms with Crippen molar-refractivity contribution in [3.8, 4) is 10.7 Å². The molecule has 0 saturated carbocycles. The normalized spacial score (nSPS) is 15.9. The van der Waals surface area contributed by atoms with Gasteiger partial charge in [-0.05, 0) is 42.5 Å². The third-order valence-electron chi connectivity index (χ3n) is 5.08. The molecule has 1 atom stereocenters. The summed E-state index contributed by atoms with van der Waals surface area (Å²) in [4.78, 5) is 26.5. The van der Waals surface area contributed by atoms with Gasteiger partial charge in [0.25, 0.3) is 5.91 Å². The molecule has 0 unspecified atom stereocenters. The summed E-state index contributed by atoms with van der Waals surface area (Å²) in [6.45, 7) is 0. The van der Waals surface area contributed by atoms with Gasteiger partial charge in [0.1, 0.15) is 10.7 Å². The van der Waals surface area contributed by atoms with Crippen molar-refractivity contribution >= 4 is 27.5 Å². The monoisotopic (exact) mass is 386 g/mol. The Balaban J connectivity index is 1.48. The Labute approximate surface area is 166 Å². The third-order valence-corrected chi connectivity index (χ3v) is 6.13. The molecule has 0 radical (unpaired) electrons. The van der Waals surface area contributed by atoms with E-state index >= 15 is 0 Å². The molecule has 0 fully saturated rings. The summed E-state index contributed by atoms with van der Waals surface area (Å²) in [7, 11) is 0. The number of fused-ring (bicyclic) bond motifs is 2. The van der Waals surface area contributed by atoms with Crippen LogP contribution < -0.4 is 5.32 Å². The molecule has 138 valence electrons. The molecule has 0 saturated heterocycles. The van der Waals surface area contributed by atoms with E-state index in [0.29, 0.717) is 16.4 Å². The van der Waals surface area contributed by atoms with E-state index in [9.17, 15) is 4.79 Å². The quantitative estimate of drug-likeness (QED) is 0.560. The zero-order valence-electron chi connectivity index (χ0n) is 15.1. The van der Waals surface area contributed by atoms with Crippen LogP contribution in [0.5, 0.6) is 0 Å². The molecule has 0 aliphatic heterocycles. The van der Waals surface area contributed by atoms with Gasteiger partial charge in [-0.15, -0.1) is 11.3 Å². The number of carbonyl (C=O) groups is 1. The lowest BCUT2D eigenvalue weighted by Gasteiger charge is -2.26. The predicted molar refractivity (Wildman–Crippen MR) is 110 cm³/mol. The SMILES string of the molecule is O=C(N[C@H]1CCCc2ccccc21)c1nccnc1-c1nc2ccccc2s1. The second-order valence-electron chi connectivity index (χ2n) is 6.86. The van der Waals surface area contributed by atoms with Crippen LogP contribution >= 0.6 is 11.3 Å². The first-order valence-electron chi connectivity index (χ1n) is 9.35. The Bertz CT molecular complexity index is 1140. The number of hydrogen-bond donors (Lipinski definition) is 1. The summed E-state index contributed by atoms with van der Waals surface area (Å²) in [6.07, 6.45) is 6.21. The topological polar surface area (TPSA) is 67.8 Å². The fraction of sp³-hybridized carbons (Fsp3) is 0.182. The Kier molecular flexibility index (Phi) is 4.33. The molecule has 1 amide bonds. The number of nitrogens with zero attached hydrogens (tertiary/aromatic N) is 3. The van der Waals surface area contributed by atoms with Crippen LogP contribution in [0.25, 0.3) is 20.9 Å². The molecule has 1 N–H and O–H groups in total. The van der Waals surface area contributed by atoms with Gasteiger partial charge in [0.2, 0.25) is 0 Å². The number of hydrogen-bond acceptors (Lipinski definition) is 5. The minimum absolute atomic E-state index is 0.00248. The Morgan fingerprint density at radius 3 is 2.79 bits per heavy atom. The van der Waals surface area contributed by atoms with Gasteiger partial charge in [0.05, 0.1) is 16.3 Å². The summed E-state index contributed by atoms with van der Waals surface area (Å²) in [5, 5.41) is 3.88. The maximum atomic E-state index is 13.1. The zero-order chi connectivity index (χ0) is 18.9. The number of para-hydroxylation sites is 1. The molecule has 4 aromatic rings. The van der Waals surface area contributed by atoms with Crippen molar-refractivity contribution in [2.75, 3.05) is 0 Å². The number of amides is 1. The number of thiazole rings is 1. The molecule has 28 heavy (non-hydrogen) atoms. The molecular weight excluding hydrogens is 368 g/mol. The van der Waals surface area contributed by atoms with Crippen molar-refractivity contribution in [1.29, 1.82) is 0 Å². The van der Waals surface area contributed by atoms with Crippen molar-refractivity contribution < 1.29 is 4.79 Å². The Morgan fingerprint density at radius 2 is 1.86 bits per heavy atom. The summed E-state index contributed by atoms with van der Waals surface area (Å²) < 4.78 is 1.07. The molecule has 5 nitrogen and oxygen atoms in total. The number of carbonyl (C=O) groups excluding carboxylic acids is 1. The molecule has 6 heteroatoms. The van der Waals surface area contributed by atoms with Crippen molar-refractivity contribution in [2.24, 2.45) is 0 Å². The lowest BCUT2D eigenvalue weighted by atomic mass is 9.87. The van der Waals surface area contributed by atoms with Crippen LogP contribution in [0.2, 0.25) is 0 Å². The van der Waals surface area contributed by atoms with Crippen molar-refractivity contribution in [3.05, 3.63) is 77.7 Å². The summed E-state index contributed by atoms with van der Waals surface area (Å²) >= 11 is 1.52. The van der Waals surface area contributed by atoms with Crippen molar-refractivity contribution in [1.82, 2.24) is 20.3 Å². The first-order valence-corrected chi connectivity index (χ1v) is 10.2. The van der Waals surface area contributed by atoms with Crippen LogP contribution in [0.15, 0.2) is 60.9 Å². The summed E-state index contributed by atoms with van der Waals surface area (Å²) in [6, 6.07) is 16.2. The van der Waals surface area contributed by atoms with E-state index in [1.165, 1.54) is 22.5 Å². The minimum Gasteiger partial charge on any atom is -0.344 e. The van der Waals surface area contributed by atoms with Gasteiger partial charge < -0.3 is 5.32 Å². The largest absolute Gasteiger partial charge is 0.344 e. The highest BCUT2D eigenvalue weighted by Crippen LogP contribution is 2.32. The van der Waals surface area contributed by atoms with E-state index in [0.717, 1.165) is 29.5 Å². The second-order valence-corrected chi connectivity index (χ2v) is 7.89. The van der Waals surface area contributed by atoms with E-state index in [1.54, 1.807) is 12.4 Å². The fourth-order valence-electron chi connectivity index (χ4n) is 3.76. The Hall–Kier alpha value is -3.12. The summed E-state index contributed by atoms with van der Waals surface area (Å²) in [5.41, 5.74) is 4.27. The van der Waals surface area contributed by atoms with E-state index in [-0.39, 0.29) is 11.9 Å². The van der Waals surface area contributed by atoms with Crippen LogP contribution in [-0.4, -0.2) is 20.9 Å². The van der Waals surface area contributed by atoms with Crippen LogP contribution in [0.3, 0.4) is 0 Å². The smallest absolute Gasteiger partial charge is 0.272 e. The molecule has 1 aliphatic rings. The third kappa shape index (κ3) is 3.05. The van der Waals surface area contributed by atoms with Gasteiger partial charge in [0, 0.05) is 12.4 Å². The van der Waals surface area contributed by atoms with E-state index in [1.807, 2.05) is 30.3 Å². The van der Waals surface area contributed by atoms with Crippen LogP contribution in [0, 0.1) is 0 Å². The predicted octanol–water partition coefficient (Wildman–Crippen LogP) is 4.56. The molecule has 0 spiro atoms. The molecule has 2 heterocycles. The first kappa shape index (κ1) is 17.0. The van der Waals surface area contributed by atoms with E-state index in [2.05, 4.69) is 38.5 Å². The standard InChI is InChI=1S/C22H18N4OS/c27-21(25-16-10-5-7-14-6-1-2-8-15(14)16)19-20(24-13-12-23-19)22-26-17-9-3-4-11-18(17)28-22/h1-4,6,8-9,11-13,16H,5,7,10H2,(H,25,27)/t16-/m0/s1. The van der Waals surface area contributed by atoms with Crippen LogP contribution in [0.1, 0.15) is 40.5 Å². The number of nitrogens with one attached hydrogen (secondary N) is 1. The van der Waals surface area contributed by atoms with Crippen molar-refractivity contribution in [3.63, 3.8) is 0 Å². The zero-order valence-corrected chi connectivity index (χ0v) is 15.9. The number of rotatable bonds is 3. The van der Waals surface area contributed by atoms with Crippen LogP contribution in [0.4, 0.5) is 0 Å². The molecule has 2 aromatic carbocycles. The van der Waals surface area contributed by atoms with E-state index < -0.39 is 0 Å². The average Bonchev–Trinajstić information content (AvgIpc) is 3.18. The molecular formula is C22H18N4OS. The van der Waals surface area contributed by atoms with Gasteiger partial charge >= 0.3 is 0 Å². The molecule has 0 bridgehead atoms. The van der Waals surface area contributed by atoms with Gasteiger partial charge in [-0.2, -0.15) is 0 Å². The Morgan fingerprint density at radius 1 is 1.04 bits per heavy atom. The maximum Gasteiger partial charge on any atom is 0.272 e. The molecule has 5 rings (SSSR count). The lowest BCUT2D eigenvalue weighted by molar-refractivity contribution is 0.0928. The highest BCUT2D eigenvalue weighted by Gasteiger charge is 2.25. The fourth-order valence-corrected chi connectivity index (χ4v) is 4.73. The van der Waals surface area contributed by atoms with Gasteiger partial charge in [0.15, 0.2) is 5.69 Å². The lowest BCUT2D eigenvalue weighted by Crippen LogP contribution is -2.32. The molecule has 2 aromatic heterocycles. The van der Waals surface area contributed by atoms with Crippen LogP contribution in [-0.2, 0) is 6.42 Å². The highest BCUT2D eigenvalue weighted by atomic mass is 32.1. The maximum absolute atomic E-state index is 13.1. The number of aryl methyl sites for hydroxylation is 1. The second kappa shape index (κ2) is 7.13. The first-order chi connectivity index (χ1) is 13.8. The molecule has 1 aliphatic carbocycles. The minimum atomic E-state index is -0.205. The van der Waals surface area contributed by atoms with Crippen molar-refractivity contribution in [2.45, 2.75) is 25.3 Å². The van der Waals surface area contributed by atoms with Gasteiger partial charge in [-0.25, -0.2) is 15.0 Å².